The van der Waals surface area contributed by atoms with Crippen molar-refractivity contribution in [2.24, 2.45) is 11.1 Å². The molecule has 0 radical (unpaired) electrons. The second-order valence-electron chi connectivity index (χ2n) is 10.4. The Morgan fingerprint density at radius 2 is 1.75 bits per heavy atom. The van der Waals surface area contributed by atoms with Crippen LogP contribution in [0.1, 0.15) is 55.7 Å². The molecule has 7 heteroatoms. The summed E-state index contributed by atoms with van der Waals surface area (Å²) in [5.41, 5.74) is 3.53. The first-order chi connectivity index (χ1) is 19.6. The van der Waals surface area contributed by atoms with Gasteiger partial charge in [0.1, 0.15) is 18.6 Å². The number of piperidine rings is 1. The highest BCUT2D eigenvalue weighted by atomic mass is 35.5. The summed E-state index contributed by atoms with van der Waals surface area (Å²) in [5, 5.41) is 5.43. The van der Waals surface area contributed by atoms with E-state index in [2.05, 4.69) is 41.2 Å². The van der Waals surface area contributed by atoms with Gasteiger partial charge >= 0.3 is 0 Å². The summed E-state index contributed by atoms with van der Waals surface area (Å²) < 4.78 is 12.5. The van der Waals surface area contributed by atoms with E-state index < -0.39 is 0 Å². The van der Waals surface area contributed by atoms with Crippen LogP contribution in [0.5, 0.6) is 5.75 Å². The van der Waals surface area contributed by atoms with Crippen LogP contribution in [-0.4, -0.2) is 50.1 Å². The van der Waals surface area contributed by atoms with Gasteiger partial charge in [-0.1, -0.05) is 90.6 Å². The first kappa shape index (κ1) is 30.4. The molecule has 1 heterocycles. The third-order valence-corrected chi connectivity index (χ3v) is 7.92. The fourth-order valence-electron chi connectivity index (χ4n) is 5.02. The second-order valence-corrected chi connectivity index (χ2v) is 11.2. The number of unbranched alkanes of at least 4 members (excludes halogenated alkanes) is 1. The molecule has 1 saturated heterocycles. The predicted molar refractivity (Wildman–Crippen MR) is 165 cm³/mol. The van der Waals surface area contributed by atoms with Crippen LogP contribution in [0, 0.1) is 5.92 Å². The molecule has 0 saturated carbocycles. The van der Waals surface area contributed by atoms with Crippen molar-refractivity contribution < 1.29 is 14.3 Å². The van der Waals surface area contributed by atoms with E-state index in [0.717, 1.165) is 55.8 Å². The van der Waals surface area contributed by atoms with Crippen molar-refractivity contribution in [2.75, 3.05) is 33.4 Å². The summed E-state index contributed by atoms with van der Waals surface area (Å²) in [6.07, 6.45) is 6.00. The maximum Gasteiger partial charge on any atom is 0.120 e. The molecule has 3 aromatic carbocycles. The van der Waals surface area contributed by atoms with Gasteiger partial charge in [0.2, 0.25) is 0 Å². The van der Waals surface area contributed by atoms with E-state index in [-0.39, 0.29) is 6.10 Å². The molecule has 40 heavy (non-hydrogen) atoms. The lowest BCUT2D eigenvalue weighted by Gasteiger charge is -2.34. The summed E-state index contributed by atoms with van der Waals surface area (Å²) in [5.74, 6) is 1.28. The fourth-order valence-corrected chi connectivity index (χ4v) is 5.41. The fraction of sp³-hybridized carbons (Fsp3) is 0.424. The highest BCUT2D eigenvalue weighted by Gasteiger charge is 2.23. The zero-order chi connectivity index (χ0) is 28.2. The molecule has 214 valence electrons. The molecule has 4 rings (SSSR count). The van der Waals surface area contributed by atoms with E-state index >= 15 is 0 Å². The van der Waals surface area contributed by atoms with E-state index in [0.29, 0.717) is 34.9 Å². The molecule has 1 aliphatic rings. The van der Waals surface area contributed by atoms with Crippen molar-refractivity contribution in [2.45, 2.75) is 51.7 Å². The molecular weight excluding hydrogens is 543 g/mol. The normalized spacial score (nSPS) is 15.7. The highest BCUT2D eigenvalue weighted by molar-refractivity contribution is 6.35. The Kier molecular flexibility index (Phi) is 12.2. The number of hydrogen-bond acceptors (Lipinski definition) is 5. The van der Waals surface area contributed by atoms with Crippen molar-refractivity contribution in [1.29, 1.82) is 0 Å². The molecule has 0 aliphatic carbocycles. The van der Waals surface area contributed by atoms with Crippen LogP contribution >= 0.6 is 23.2 Å². The van der Waals surface area contributed by atoms with Crippen LogP contribution < -0.4 is 4.74 Å². The Morgan fingerprint density at radius 3 is 2.42 bits per heavy atom. The monoisotopic (exact) mass is 582 g/mol. The predicted octanol–water partition coefficient (Wildman–Crippen LogP) is 8.26. The molecule has 3 aromatic rings. The largest absolute Gasteiger partial charge is 0.493 e. The van der Waals surface area contributed by atoms with E-state index in [4.69, 9.17) is 37.5 Å². The third kappa shape index (κ3) is 9.24. The molecular formula is C33H40Cl2N2O3. The molecule has 0 bridgehead atoms. The number of rotatable bonds is 14. The summed E-state index contributed by atoms with van der Waals surface area (Å²) in [4.78, 5) is 7.65. The van der Waals surface area contributed by atoms with Crippen molar-refractivity contribution in [1.82, 2.24) is 4.90 Å². The Hall–Kier alpha value is -2.57. The molecule has 5 nitrogen and oxygen atoms in total. The van der Waals surface area contributed by atoms with Crippen LogP contribution in [-0.2, 0) is 16.2 Å². The molecule has 0 N–H and O–H groups in total. The zero-order valence-corrected chi connectivity index (χ0v) is 25.0. The Bertz CT molecular complexity index is 1200. The Balaban J connectivity index is 1.26. The number of halogens is 2. The molecule has 0 amide bonds. The maximum absolute atomic E-state index is 6.67. The van der Waals surface area contributed by atoms with Crippen LogP contribution in [0.2, 0.25) is 10.0 Å². The minimum atomic E-state index is 0.271. The van der Waals surface area contributed by atoms with Gasteiger partial charge in [-0.25, -0.2) is 0 Å². The van der Waals surface area contributed by atoms with Gasteiger partial charge in [0.05, 0.1) is 24.3 Å². The maximum atomic E-state index is 6.67. The Labute approximate surface area is 249 Å². The van der Waals surface area contributed by atoms with E-state index in [1.165, 1.54) is 25.5 Å². The third-order valence-electron chi connectivity index (χ3n) is 7.36. The van der Waals surface area contributed by atoms with E-state index in [1.54, 1.807) is 0 Å². The summed E-state index contributed by atoms with van der Waals surface area (Å²) in [6.45, 7) is 6.75. The quantitative estimate of drug-likeness (QED) is 0.142. The number of oxime groups is 1. The molecule has 0 aromatic heterocycles. The average molecular weight is 584 g/mol. The lowest BCUT2D eigenvalue weighted by molar-refractivity contribution is 0.000707. The smallest absolute Gasteiger partial charge is 0.120 e. The summed E-state index contributed by atoms with van der Waals surface area (Å²) >= 11 is 12.7. The van der Waals surface area contributed by atoms with Gasteiger partial charge in [0, 0.05) is 22.7 Å². The standard InChI is InChI=1S/C33H40Cl2N2O3/c1-3-4-10-30(40-23-25-8-6-5-7-9-25)22-37-19-17-26(18-20-37)24-39-29-15-16-31(32(35)21-29)33(36-38-2)27-11-13-28(34)14-12-27/h5-9,11-16,21,26,30H,3-4,10,17-20,22-24H2,1-2H3/b36-33+/t30-/m0/s1. The van der Waals surface area contributed by atoms with Gasteiger partial charge in [-0.15, -0.1) is 0 Å². The lowest BCUT2D eigenvalue weighted by atomic mass is 9.97. The van der Waals surface area contributed by atoms with Gasteiger partial charge < -0.3 is 19.2 Å². The zero-order valence-electron chi connectivity index (χ0n) is 23.5. The number of ether oxygens (including phenoxy) is 2. The molecule has 0 spiro atoms. The number of hydrogen-bond donors (Lipinski definition) is 0. The first-order valence-corrected chi connectivity index (χ1v) is 15.0. The van der Waals surface area contributed by atoms with Crippen LogP contribution in [0.15, 0.2) is 78.0 Å². The van der Waals surface area contributed by atoms with Gasteiger partial charge in [0.15, 0.2) is 0 Å². The van der Waals surface area contributed by atoms with E-state index in [1.807, 2.05) is 48.5 Å². The topological polar surface area (TPSA) is 43.3 Å². The number of likely N-dealkylation sites (tertiary alicyclic amines) is 1. The minimum Gasteiger partial charge on any atom is -0.493 e. The minimum absolute atomic E-state index is 0.271. The Morgan fingerprint density at radius 1 is 1.00 bits per heavy atom. The van der Waals surface area contributed by atoms with Crippen molar-refractivity contribution in [3.8, 4) is 5.75 Å². The van der Waals surface area contributed by atoms with Crippen molar-refractivity contribution in [3.05, 3.63) is 99.5 Å². The molecule has 1 fully saturated rings. The van der Waals surface area contributed by atoms with E-state index in [9.17, 15) is 0 Å². The van der Waals surface area contributed by atoms with Gasteiger partial charge in [-0.3, -0.25) is 0 Å². The van der Waals surface area contributed by atoms with Gasteiger partial charge in [-0.05, 0) is 74.2 Å². The second kappa shape index (κ2) is 16.0. The summed E-state index contributed by atoms with van der Waals surface area (Å²) in [6, 6.07) is 23.6. The number of nitrogens with zero attached hydrogens (tertiary/aromatic N) is 2. The molecule has 0 unspecified atom stereocenters. The molecule has 1 aliphatic heterocycles. The van der Waals surface area contributed by atoms with Crippen LogP contribution in [0.4, 0.5) is 0 Å². The summed E-state index contributed by atoms with van der Waals surface area (Å²) in [7, 11) is 1.52. The van der Waals surface area contributed by atoms with Gasteiger partial charge in [-0.2, -0.15) is 0 Å². The highest BCUT2D eigenvalue weighted by Crippen LogP contribution is 2.27. The average Bonchev–Trinajstić information content (AvgIpc) is 2.98. The number of benzene rings is 3. The van der Waals surface area contributed by atoms with Gasteiger partial charge in [0.25, 0.3) is 0 Å². The van der Waals surface area contributed by atoms with Crippen molar-refractivity contribution >= 4 is 28.9 Å². The van der Waals surface area contributed by atoms with Crippen LogP contribution in [0.3, 0.4) is 0 Å². The molecule has 1 atom stereocenters. The SMILES string of the molecule is CCCC[C@@H](CN1CCC(COc2ccc(/C(=N/OC)c3ccc(Cl)cc3)c(Cl)c2)CC1)OCc1ccccc1. The lowest BCUT2D eigenvalue weighted by Crippen LogP contribution is -2.40. The first-order valence-electron chi connectivity index (χ1n) is 14.2. The van der Waals surface area contributed by atoms with Crippen LogP contribution in [0.25, 0.3) is 0 Å². The van der Waals surface area contributed by atoms with Crippen molar-refractivity contribution in [3.63, 3.8) is 0 Å².